The number of nitrogen functional groups attached to an aromatic ring is 1. The Bertz CT molecular complexity index is 839. The van der Waals surface area contributed by atoms with Crippen molar-refractivity contribution in [3.05, 3.63) is 53.3 Å². The van der Waals surface area contributed by atoms with Gasteiger partial charge >= 0.3 is 0 Å². The number of nitrogens with one attached hydrogen (secondary N) is 1. The van der Waals surface area contributed by atoms with Crippen molar-refractivity contribution >= 4 is 21.4 Å². The largest absolute Gasteiger partial charge is 0.398 e. The Morgan fingerprint density at radius 3 is 2.67 bits per heavy atom. The van der Waals surface area contributed by atoms with E-state index in [1.807, 2.05) is 0 Å². The molecule has 0 saturated heterocycles. The fourth-order valence-corrected chi connectivity index (χ4v) is 2.90. The highest BCUT2D eigenvalue weighted by Gasteiger charge is 2.20. The third kappa shape index (κ3) is 3.15. The Hall–Kier alpha value is -2.52. The van der Waals surface area contributed by atoms with E-state index in [9.17, 15) is 12.8 Å². The molecule has 108 valence electrons. The second-order valence-corrected chi connectivity index (χ2v) is 6.12. The number of rotatable bonds is 3. The van der Waals surface area contributed by atoms with Gasteiger partial charge in [0.05, 0.1) is 5.69 Å². The molecule has 2 rings (SSSR count). The molecule has 3 N–H and O–H groups in total. The quantitative estimate of drug-likeness (QED) is 0.676. The first-order valence-electron chi connectivity index (χ1n) is 5.98. The molecule has 0 fully saturated rings. The summed E-state index contributed by atoms with van der Waals surface area (Å²) in [5, 5.41) is 0. The van der Waals surface area contributed by atoms with Crippen LogP contribution in [0.5, 0.6) is 0 Å². The average molecular weight is 304 g/mol. The van der Waals surface area contributed by atoms with Crippen LogP contribution < -0.4 is 10.5 Å². The first kappa shape index (κ1) is 14.9. The molecule has 0 atom stereocenters. The SMILES string of the molecule is C#Cc1cccc(NS(=O)(=O)c2cc(N)c(C)cc2F)c1. The highest BCUT2D eigenvalue weighted by molar-refractivity contribution is 7.92. The molecule has 0 bridgehead atoms. The number of hydrogen-bond acceptors (Lipinski definition) is 3. The lowest BCUT2D eigenvalue weighted by Gasteiger charge is -2.11. The molecule has 0 aliphatic rings. The van der Waals surface area contributed by atoms with Crippen LogP contribution in [0, 0.1) is 25.1 Å². The molecule has 2 aromatic carbocycles. The molecule has 0 saturated carbocycles. The van der Waals surface area contributed by atoms with Gasteiger partial charge in [0, 0.05) is 11.3 Å². The van der Waals surface area contributed by atoms with Gasteiger partial charge < -0.3 is 5.73 Å². The number of halogens is 1. The van der Waals surface area contributed by atoms with Gasteiger partial charge in [-0.1, -0.05) is 12.0 Å². The molecule has 0 aliphatic carbocycles. The van der Waals surface area contributed by atoms with Crippen LogP contribution in [0.15, 0.2) is 41.3 Å². The number of nitrogens with two attached hydrogens (primary N) is 1. The van der Waals surface area contributed by atoms with Crippen molar-refractivity contribution in [1.29, 1.82) is 0 Å². The van der Waals surface area contributed by atoms with Gasteiger partial charge in [0.15, 0.2) is 0 Å². The minimum Gasteiger partial charge on any atom is -0.398 e. The number of hydrogen-bond donors (Lipinski definition) is 2. The number of aryl methyl sites for hydroxylation is 1. The van der Waals surface area contributed by atoms with Crippen molar-refractivity contribution in [1.82, 2.24) is 0 Å². The van der Waals surface area contributed by atoms with E-state index in [1.165, 1.54) is 12.1 Å². The molecule has 4 nitrogen and oxygen atoms in total. The molecule has 0 aliphatic heterocycles. The summed E-state index contributed by atoms with van der Waals surface area (Å²) in [6.45, 7) is 1.60. The van der Waals surface area contributed by atoms with Crippen LogP contribution in [0.3, 0.4) is 0 Å². The predicted octanol–water partition coefficient (Wildman–Crippen LogP) is 2.50. The summed E-state index contributed by atoms with van der Waals surface area (Å²) >= 11 is 0. The van der Waals surface area contributed by atoms with Crippen LogP contribution in [0.4, 0.5) is 15.8 Å². The Balaban J connectivity index is 2.43. The molecular formula is C15H13FN2O2S. The van der Waals surface area contributed by atoms with Crippen molar-refractivity contribution in [2.45, 2.75) is 11.8 Å². The second kappa shape index (κ2) is 5.46. The van der Waals surface area contributed by atoms with Crippen molar-refractivity contribution in [3.63, 3.8) is 0 Å². The Labute approximate surface area is 122 Å². The molecule has 0 radical (unpaired) electrons. The maximum Gasteiger partial charge on any atom is 0.264 e. The predicted molar refractivity (Wildman–Crippen MR) is 80.7 cm³/mol. The third-order valence-electron chi connectivity index (χ3n) is 2.89. The maximum absolute atomic E-state index is 13.9. The standard InChI is InChI=1S/C15H13FN2O2S/c1-3-11-5-4-6-12(8-11)18-21(19,20)15-9-14(17)10(2)7-13(15)16/h1,4-9,18H,17H2,2H3. The molecule has 0 aromatic heterocycles. The van der Waals surface area contributed by atoms with Crippen molar-refractivity contribution < 1.29 is 12.8 Å². The Morgan fingerprint density at radius 1 is 1.29 bits per heavy atom. The monoisotopic (exact) mass is 304 g/mol. The topological polar surface area (TPSA) is 72.2 Å². The number of terminal acetylenes is 1. The third-order valence-corrected chi connectivity index (χ3v) is 4.29. The molecule has 6 heteroatoms. The van der Waals surface area contributed by atoms with Crippen molar-refractivity contribution in [3.8, 4) is 12.3 Å². The molecule has 21 heavy (non-hydrogen) atoms. The summed E-state index contributed by atoms with van der Waals surface area (Å²) < 4.78 is 40.6. The summed E-state index contributed by atoms with van der Waals surface area (Å²) in [6.07, 6.45) is 5.25. The zero-order valence-electron chi connectivity index (χ0n) is 11.2. The highest BCUT2D eigenvalue weighted by Crippen LogP contribution is 2.24. The van der Waals surface area contributed by atoms with E-state index >= 15 is 0 Å². The Morgan fingerprint density at radius 2 is 2.00 bits per heavy atom. The van der Waals surface area contributed by atoms with Crippen LogP contribution in [0.1, 0.15) is 11.1 Å². The van der Waals surface area contributed by atoms with E-state index in [2.05, 4.69) is 10.6 Å². The molecule has 2 aromatic rings. The van der Waals surface area contributed by atoms with Gasteiger partial charge in [-0.3, -0.25) is 4.72 Å². The van der Waals surface area contributed by atoms with Gasteiger partial charge in [-0.2, -0.15) is 0 Å². The average Bonchev–Trinajstić information content (AvgIpc) is 2.42. The lowest BCUT2D eigenvalue weighted by Crippen LogP contribution is -2.15. The molecule has 0 heterocycles. The van der Waals surface area contributed by atoms with Gasteiger partial charge in [-0.15, -0.1) is 6.42 Å². The lowest BCUT2D eigenvalue weighted by atomic mass is 10.2. The van der Waals surface area contributed by atoms with Crippen molar-refractivity contribution in [2.75, 3.05) is 10.5 Å². The summed E-state index contributed by atoms with van der Waals surface area (Å²) in [4.78, 5) is -0.503. The fraction of sp³-hybridized carbons (Fsp3) is 0.0667. The molecule has 0 unspecified atom stereocenters. The van der Waals surface area contributed by atoms with Gasteiger partial charge in [0.1, 0.15) is 10.7 Å². The minimum atomic E-state index is -4.08. The first-order valence-corrected chi connectivity index (χ1v) is 7.47. The highest BCUT2D eigenvalue weighted by atomic mass is 32.2. The van der Waals surface area contributed by atoms with Crippen LogP contribution in [0.25, 0.3) is 0 Å². The van der Waals surface area contributed by atoms with E-state index < -0.39 is 20.7 Å². The second-order valence-electron chi connectivity index (χ2n) is 4.47. The van der Waals surface area contributed by atoms with Crippen LogP contribution in [-0.4, -0.2) is 8.42 Å². The summed E-state index contributed by atoms with van der Waals surface area (Å²) in [6, 6.07) is 8.44. The van der Waals surface area contributed by atoms with Gasteiger partial charge in [0.2, 0.25) is 0 Å². The van der Waals surface area contributed by atoms with E-state index in [4.69, 9.17) is 12.2 Å². The molecular weight excluding hydrogens is 291 g/mol. The van der Waals surface area contributed by atoms with Crippen LogP contribution in [0.2, 0.25) is 0 Å². The summed E-state index contributed by atoms with van der Waals surface area (Å²) in [5.74, 6) is 1.53. The van der Waals surface area contributed by atoms with Gasteiger partial charge in [-0.05, 0) is 42.8 Å². The minimum absolute atomic E-state index is 0.203. The molecule has 0 spiro atoms. The van der Waals surface area contributed by atoms with E-state index in [-0.39, 0.29) is 11.4 Å². The maximum atomic E-state index is 13.9. The number of anilines is 2. The first-order chi connectivity index (χ1) is 9.83. The van der Waals surface area contributed by atoms with Gasteiger partial charge in [-0.25, -0.2) is 12.8 Å². The van der Waals surface area contributed by atoms with E-state index in [0.717, 1.165) is 12.1 Å². The summed E-state index contributed by atoms with van der Waals surface area (Å²) in [5.41, 5.74) is 7.08. The van der Waals surface area contributed by atoms with E-state index in [0.29, 0.717) is 11.1 Å². The number of sulfonamides is 1. The zero-order chi connectivity index (χ0) is 15.6. The van der Waals surface area contributed by atoms with Crippen molar-refractivity contribution in [2.24, 2.45) is 0 Å². The smallest absolute Gasteiger partial charge is 0.264 e. The molecule has 0 amide bonds. The van der Waals surface area contributed by atoms with E-state index in [1.54, 1.807) is 19.1 Å². The lowest BCUT2D eigenvalue weighted by molar-refractivity contribution is 0.570. The zero-order valence-corrected chi connectivity index (χ0v) is 12.0. The van der Waals surface area contributed by atoms with Crippen LogP contribution in [-0.2, 0) is 10.0 Å². The fourth-order valence-electron chi connectivity index (χ4n) is 1.76. The Kier molecular flexibility index (Phi) is 3.87. The van der Waals surface area contributed by atoms with Crippen LogP contribution >= 0.6 is 0 Å². The van der Waals surface area contributed by atoms with Gasteiger partial charge in [0.25, 0.3) is 10.0 Å². The normalized spacial score (nSPS) is 10.9. The summed E-state index contributed by atoms with van der Waals surface area (Å²) in [7, 11) is -4.08. The number of benzene rings is 2.